The van der Waals surface area contributed by atoms with Crippen LogP contribution in [0.1, 0.15) is 34.6 Å². The summed E-state index contributed by atoms with van der Waals surface area (Å²) in [5.41, 5.74) is 4.38. The summed E-state index contributed by atoms with van der Waals surface area (Å²) in [6.07, 6.45) is 3.37. The molecule has 4 rings (SSSR count). The van der Waals surface area contributed by atoms with E-state index in [-0.39, 0.29) is 17.8 Å². The molecular formula is C24H21FN4O. The van der Waals surface area contributed by atoms with Gasteiger partial charge in [-0.25, -0.2) is 9.07 Å². The van der Waals surface area contributed by atoms with Gasteiger partial charge in [0.25, 0.3) is 5.91 Å². The van der Waals surface area contributed by atoms with Gasteiger partial charge < -0.3 is 5.32 Å². The summed E-state index contributed by atoms with van der Waals surface area (Å²) in [7, 11) is 0. The molecule has 1 amide bonds. The normalized spacial score (nSPS) is 11.8. The summed E-state index contributed by atoms with van der Waals surface area (Å²) in [6.45, 7) is 3.89. The van der Waals surface area contributed by atoms with Crippen LogP contribution >= 0.6 is 0 Å². The van der Waals surface area contributed by atoms with Gasteiger partial charge in [-0.1, -0.05) is 35.9 Å². The van der Waals surface area contributed by atoms with E-state index in [0.717, 1.165) is 16.8 Å². The van der Waals surface area contributed by atoms with Crippen molar-refractivity contribution in [1.29, 1.82) is 0 Å². The molecule has 2 aromatic heterocycles. The highest BCUT2D eigenvalue weighted by Gasteiger charge is 2.21. The van der Waals surface area contributed by atoms with Crippen molar-refractivity contribution in [3.8, 4) is 16.9 Å². The zero-order valence-corrected chi connectivity index (χ0v) is 16.7. The number of hydrogen-bond acceptors (Lipinski definition) is 3. The molecule has 30 heavy (non-hydrogen) atoms. The van der Waals surface area contributed by atoms with E-state index >= 15 is 0 Å². The maximum absolute atomic E-state index is 13.3. The Hall–Kier alpha value is -3.80. The number of pyridine rings is 1. The van der Waals surface area contributed by atoms with Crippen molar-refractivity contribution in [2.75, 3.05) is 0 Å². The van der Waals surface area contributed by atoms with Crippen LogP contribution in [0.25, 0.3) is 16.9 Å². The van der Waals surface area contributed by atoms with Gasteiger partial charge in [-0.15, -0.1) is 0 Å². The predicted octanol–water partition coefficient (Wildman–Crippen LogP) is 4.87. The fraction of sp³-hybridized carbons (Fsp3) is 0.125. The summed E-state index contributed by atoms with van der Waals surface area (Å²) in [4.78, 5) is 17.4. The van der Waals surface area contributed by atoms with E-state index in [2.05, 4.69) is 15.4 Å². The molecule has 4 aromatic rings. The van der Waals surface area contributed by atoms with Crippen LogP contribution in [0.15, 0.2) is 79.1 Å². The SMILES string of the molecule is Cc1ccc(-c2nn(-c3ccc(F)cc3)cc2C(=O)NC(C)c2ccccn2)cc1. The molecule has 1 unspecified atom stereocenters. The van der Waals surface area contributed by atoms with Gasteiger partial charge in [0.2, 0.25) is 0 Å². The van der Waals surface area contributed by atoms with Gasteiger partial charge in [0.05, 0.1) is 23.0 Å². The molecule has 0 fully saturated rings. The van der Waals surface area contributed by atoms with Crippen LogP contribution in [0.5, 0.6) is 0 Å². The minimum atomic E-state index is -0.327. The third-order valence-electron chi connectivity index (χ3n) is 4.85. The molecule has 0 saturated heterocycles. The van der Waals surface area contributed by atoms with E-state index in [9.17, 15) is 9.18 Å². The molecule has 0 spiro atoms. The summed E-state index contributed by atoms with van der Waals surface area (Å²) in [5.74, 6) is -0.580. The Bertz CT molecular complexity index is 1150. The van der Waals surface area contributed by atoms with Crippen LogP contribution in [0.3, 0.4) is 0 Å². The number of carbonyl (C=O) groups is 1. The first kappa shape index (κ1) is 19.5. The minimum Gasteiger partial charge on any atom is -0.344 e. The molecule has 150 valence electrons. The molecule has 1 N–H and O–H groups in total. The Morgan fingerprint density at radius 3 is 2.43 bits per heavy atom. The van der Waals surface area contributed by atoms with Crippen molar-refractivity contribution in [2.45, 2.75) is 19.9 Å². The number of hydrogen-bond donors (Lipinski definition) is 1. The number of benzene rings is 2. The maximum atomic E-state index is 13.3. The van der Waals surface area contributed by atoms with E-state index in [1.165, 1.54) is 12.1 Å². The molecule has 0 saturated carbocycles. The third-order valence-corrected chi connectivity index (χ3v) is 4.85. The molecule has 0 bridgehead atoms. The highest BCUT2D eigenvalue weighted by Crippen LogP contribution is 2.25. The fourth-order valence-electron chi connectivity index (χ4n) is 3.17. The van der Waals surface area contributed by atoms with E-state index in [4.69, 9.17) is 0 Å². The largest absolute Gasteiger partial charge is 0.344 e. The van der Waals surface area contributed by atoms with Crippen LogP contribution in [-0.4, -0.2) is 20.7 Å². The number of nitrogens with one attached hydrogen (secondary N) is 1. The predicted molar refractivity (Wildman–Crippen MR) is 114 cm³/mol. The first-order valence-corrected chi connectivity index (χ1v) is 9.66. The zero-order chi connectivity index (χ0) is 21.1. The number of nitrogens with zero attached hydrogens (tertiary/aromatic N) is 3. The second-order valence-corrected chi connectivity index (χ2v) is 7.13. The Balaban J connectivity index is 1.71. The lowest BCUT2D eigenvalue weighted by molar-refractivity contribution is 0.0939. The highest BCUT2D eigenvalue weighted by atomic mass is 19.1. The quantitative estimate of drug-likeness (QED) is 0.520. The van der Waals surface area contributed by atoms with E-state index in [1.54, 1.807) is 29.2 Å². The summed E-state index contributed by atoms with van der Waals surface area (Å²) in [6, 6.07) is 19.1. The number of carbonyl (C=O) groups excluding carboxylic acids is 1. The maximum Gasteiger partial charge on any atom is 0.255 e. The van der Waals surface area contributed by atoms with Crippen molar-refractivity contribution in [3.05, 3.63) is 102 Å². The van der Waals surface area contributed by atoms with Gasteiger partial charge in [-0.05, 0) is 50.2 Å². The smallest absolute Gasteiger partial charge is 0.255 e. The molecule has 0 radical (unpaired) electrons. The number of aryl methyl sites for hydroxylation is 1. The van der Waals surface area contributed by atoms with Gasteiger partial charge in [-0.2, -0.15) is 5.10 Å². The Morgan fingerprint density at radius 1 is 1.03 bits per heavy atom. The van der Waals surface area contributed by atoms with Crippen molar-refractivity contribution in [2.24, 2.45) is 0 Å². The first-order chi connectivity index (χ1) is 14.5. The summed E-state index contributed by atoms with van der Waals surface area (Å²) < 4.78 is 14.9. The Morgan fingerprint density at radius 2 is 1.77 bits per heavy atom. The zero-order valence-electron chi connectivity index (χ0n) is 16.7. The lowest BCUT2D eigenvalue weighted by Gasteiger charge is -2.13. The summed E-state index contributed by atoms with van der Waals surface area (Å²) >= 11 is 0. The van der Waals surface area contributed by atoms with Crippen LogP contribution < -0.4 is 5.32 Å². The molecule has 6 heteroatoms. The van der Waals surface area contributed by atoms with Crippen molar-refractivity contribution >= 4 is 5.91 Å². The van der Waals surface area contributed by atoms with E-state index < -0.39 is 0 Å². The number of amides is 1. The molecule has 2 aromatic carbocycles. The van der Waals surface area contributed by atoms with Gasteiger partial charge in [-0.3, -0.25) is 9.78 Å². The van der Waals surface area contributed by atoms with Gasteiger partial charge >= 0.3 is 0 Å². The van der Waals surface area contributed by atoms with Crippen molar-refractivity contribution < 1.29 is 9.18 Å². The standard InChI is InChI=1S/C24H21FN4O/c1-16-6-8-18(9-7-16)23-21(15-29(28-23)20-12-10-19(25)11-13-20)24(30)27-17(2)22-5-3-4-14-26-22/h3-15,17H,1-2H3,(H,27,30). The monoisotopic (exact) mass is 400 g/mol. The van der Waals surface area contributed by atoms with Crippen LogP contribution in [-0.2, 0) is 0 Å². The average Bonchev–Trinajstić information content (AvgIpc) is 3.21. The highest BCUT2D eigenvalue weighted by molar-refractivity contribution is 6.00. The molecule has 1 atom stereocenters. The molecular weight excluding hydrogens is 379 g/mol. The van der Waals surface area contributed by atoms with Crippen molar-refractivity contribution in [3.63, 3.8) is 0 Å². The Labute approximate surface area is 174 Å². The average molecular weight is 400 g/mol. The third kappa shape index (κ3) is 4.12. The van der Waals surface area contributed by atoms with Gasteiger partial charge in [0, 0.05) is 18.0 Å². The van der Waals surface area contributed by atoms with Gasteiger partial charge in [0.15, 0.2) is 0 Å². The van der Waals surface area contributed by atoms with E-state index in [1.807, 2.05) is 56.3 Å². The number of halogens is 1. The first-order valence-electron chi connectivity index (χ1n) is 9.66. The minimum absolute atomic E-state index is 0.253. The Kier molecular flexibility index (Phi) is 5.39. The lowest BCUT2D eigenvalue weighted by Crippen LogP contribution is -2.27. The molecule has 0 aliphatic carbocycles. The van der Waals surface area contributed by atoms with Crippen LogP contribution in [0, 0.1) is 12.7 Å². The second-order valence-electron chi connectivity index (χ2n) is 7.13. The number of rotatable bonds is 5. The fourth-order valence-corrected chi connectivity index (χ4v) is 3.17. The number of aromatic nitrogens is 3. The van der Waals surface area contributed by atoms with Gasteiger partial charge in [0.1, 0.15) is 11.5 Å². The van der Waals surface area contributed by atoms with Crippen LogP contribution in [0.2, 0.25) is 0 Å². The second kappa shape index (κ2) is 8.29. The molecule has 2 heterocycles. The summed E-state index contributed by atoms with van der Waals surface area (Å²) in [5, 5.41) is 7.62. The molecule has 5 nitrogen and oxygen atoms in total. The molecule has 0 aliphatic rings. The van der Waals surface area contributed by atoms with Crippen molar-refractivity contribution in [1.82, 2.24) is 20.1 Å². The molecule has 0 aliphatic heterocycles. The van der Waals surface area contributed by atoms with E-state index in [0.29, 0.717) is 16.9 Å². The topological polar surface area (TPSA) is 59.8 Å². The van der Waals surface area contributed by atoms with Crippen LogP contribution in [0.4, 0.5) is 4.39 Å². The lowest BCUT2D eigenvalue weighted by atomic mass is 10.1.